The molecule has 0 bridgehead atoms. The Morgan fingerprint density at radius 2 is 2.25 bits per heavy atom. The van der Waals surface area contributed by atoms with Crippen molar-refractivity contribution in [2.75, 3.05) is 26.8 Å². The normalized spacial score (nSPS) is 35.0. The number of likely N-dealkylation sites (N-methyl/N-ethyl adjacent to an activating group) is 1. The molecule has 2 aliphatic rings. The van der Waals surface area contributed by atoms with Crippen molar-refractivity contribution in [3.05, 3.63) is 0 Å². The van der Waals surface area contributed by atoms with Crippen molar-refractivity contribution < 1.29 is 9.53 Å². The minimum Gasteiger partial charge on any atom is -0.379 e. The molecule has 0 spiro atoms. The summed E-state index contributed by atoms with van der Waals surface area (Å²) >= 11 is 0. The SMILES string of the molecule is CC1CCNC(C(=O)N(C)C2CCOC2)C1. The lowest BCUT2D eigenvalue weighted by Crippen LogP contribution is -2.51. The second-order valence-corrected chi connectivity index (χ2v) is 5.10. The molecular weight excluding hydrogens is 204 g/mol. The molecule has 3 atom stereocenters. The topological polar surface area (TPSA) is 41.6 Å². The van der Waals surface area contributed by atoms with E-state index in [0.29, 0.717) is 12.5 Å². The van der Waals surface area contributed by atoms with Gasteiger partial charge in [-0.25, -0.2) is 0 Å². The molecule has 16 heavy (non-hydrogen) atoms. The number of piperidine rings is 1. The molecule has 2 rings (SSSR count). The zero-order valence-electron chi connectivity index (χ0n) is 10.2. The second-order valence-electron chi connectivity index (χ2n) is 5.10. The zero-order valence-corrected chi connectivity index (χ0v) is 10.2. The van der Waals surface area contributed by atoms with Gasteiger partial charge in [-0.1, -0.05) is 6.92 Å². The summed E-state index contributed by atoms with van der Waals surface area (Å²) in [5.41, 5.74) is 0. The molecule has 4 nitrogen and oxygen atoms in total. The number of rotatable bonds is 2. The van der Waals surface area contributed by atoms with Gasteiger partial charge >= 0.3 is 0 Å². The van der Waals surface area contributed by atoms with Crippen LogP contribution in [0, 0.1) is 5.92 Å². The average Bonchev–Trinajstić information content (AvgIpc) is 2.80. The maximum absolute atomic E-state index is 12.2. The minimum atomic E-state index is 0.0225. The fourth-order valence-corrected chi connectivity index (χ4v) is 2.55. The number of amides is 1. The van der Waals surface area contributed by atoms with Crippen LogP contribution in [0.25, 0.3) is 0 Å². The maximum Gasteiger partial charge on any atom is 0.239 e. The molecule has 2 fully saturated rings. The summed E-state index contributed by atoms with van der Waals surface area (Å²) in [5.74, 6) is 0.894. The Bertz CT molecular complexity index is 247. The number of carbonyl (C=O) groups is 1. The number of carbonyl (C=O) groups excluding carboxylic acids is 1. The molecule has 0 aromatic carbocycles. The van der Waals surface area contributed by atoms with Crippen LogP contribution in [0.3, 0.4) is 0 Å². The van der Waals surface area contributed by atoms with Crippen LogP contribution < -0.4 is 5.32 Å². The van der Waals surface area contributed by atoms with Gasteiger partial charge in [0.05, 0.1) is 18.7 Å². The lowest BCUT2D eigenvalue weighted by molar-refractivity contribution is -0.135. The van der Waals surface area contributed by atoms with E-state index in [9.17, 15) is 4.79 Å². The van der Waals surface area contributed by atoms with Crippen molar-refractivity contribution in [1.82, 2.24) is 10.2 Å². The van der Waals surface area contributed by atoms with Gasteiger partial charge in [0.2, 0.25) is 5.91 Å². The Morgan fingerprint density at radius 3 is 2.88 bits per heavy atom. The summed E-state index contributed by atoms with van der Waals surface area (Å²) in [7, 11) is 1.91. The van der Waals surface area contributed by atoms with E-state index in [2.05, 4.69) is 12.2 Å². The van der Waals surface area contributed by atoms with Gasteiger partial charge in [0.25, 0.3) is 0 Å². The first-order valence-corrected chi connectivity index (χ1v) is 6.26. The molecule has 0 aromatic rings. The molecule has 92 valence electrons. The molecule has 0 saturated carbocycles. The molecule has 1 amide bonds. The molecule has 0 radical (unpaired) electrons. The molecule has 0 aromatic heterocycles. The summed E-state index contributed by atoms with van der Waals surface area (Å²) in [6.45, 7) is 4.67. The fraction of sp³-hybridized carbons (Fsp3) is 0.917. The third-order valence-electron chi connectivity index (χ3n) is 3.77. The van der Waals surface area contributed by atoms with Gasteiger partial charge in [0.1, 0.15) is 0 Å². The summed E-state index contributed by atoms with van der Waals surface area (Å²) < 4.78 is 5.32. The van der Waals surface area contributed by atoms with Crippen LogP contribution in [0.1, 0.15) is 26.2 Å². The van der Waals surface area contributed by atoms with Gasteiger partial charge in [0, 0.05) is 13.7 Å². The highest BCUT2D eigenvalue weighted by molar-refractivity contribution is 5.82. The van der Waals surface area contributed by atoms with Crippen molar-refractivity contribution in [2.24, 2.45) is 5.92 Å². The van der Waals surface area contributed by atoms with E-state index in [-0.39, 0.29) is 18.0 Å². The first kappa shape index (κ1) is 11.9. The van der Waals surface area contributed by atoms with Crippen LogP contribution in [0.4, 0.5) is 0 Å². The summed E-state index contributed by atoms with van der Waals surface area (Å²) in [4.78, 5) is 14.1. The molecule has 2 saturated heterocycles. The Hall–Kier alpha value is -0.610. The molecule has 3 unspecified atom stereocenters. The van der Waals surface area contributed by atoms with Crippen molar-refractivity contribution in [1.29, 1.82) is 0 Å². The Morgan fingerprint density at radius 1 is 1.44 bits per heavy atom. The van der Waals surface area contributed by atoms with Crippen molar-refractivity contribution in [3.8, 4) is 0 Å². The van der Waals surface area contributed by atoms with Crippen molar-refractivity contribution in [3.63, 3.8) is 0 Å². The van der Waals surface area contributed by atoms with Crippen LogP contribution in [-0.4, -0.2) is 49.7 Å². The van der Waals surface area contributed by atoms with Gasteiger partial charge < -0.3 is 15.0 Å². The number of hydrogen-bond donors (Lipinski definition) is 1. The van der Waals surface area contributed by atoms with Crippen LogP contribution >= 0.6 is 0 Å². The molecule has 1 N–H and O–H groups in total. The molecular formula is C12H22N2O2. The molecule has 4 heteroatoms. The highest BCUT2D eigenvalue weighted by Crippen LogP contribution is 2.18. The van der Waals surface area contributed by atoms with Gasteiger partial charge in [-0.3, -0.25) is 4.79 Å². The third kappa shape index (κ3) is 2.55. The molecule has 2 aliphatic heterocycles. The van der Waals surface area contributed by atoms with E-state index < -0.39 is 0 Å². The number of hydrogen-bond acceptors (Lipinski definition) is 3. The summed E-state index contributed by atoms with van der Waals surface area (Å²) in [5, 5.41) is 3.32. The zero-order chi connectivity index (χ0) is 11.5. The number of nitrogens with one attached hydrogen (secondary N) is 1. The Labute approximate surface area is 97.3 Å². The van der Waals surface area contributed by atoms with E-state index in [1.807, 2.05) is 11.9 Å². The smallest absolute Gasteiger partial charge is 0.239 e. The molecule has 2 heterocycles. The van der Waals surface area contributed by atoms with Crippen molar-refractivity contribution >= 4 is 5.91 Å². The van der Waals surface area contributed by atoms with Crippen molar-refractivity contribution in [2.45, 2.75) is 38.3 Å². The maximum atomic E-state index is 12.2. The largest absolute Gasteiger partial charge is 0.379 e. The fourth-order valence-electron chi connectivity index (χ4n) is 2.55. The monoisotopic (exact) mass is 226 g/mol. The Kier molecular flexibility index (Phi) is 3.82. The predicted octanol–water partition coefficient (Wildman–Crippen LogP) is 0.622. The van der Waals surface area contributed by atoms with Gasteiger partial charge in [-0.15, -0.1) is 0 Å². The predicted molar refractivity (Wildman–Crippen MR) is 62.2 cm³/mol. The number of ether oxygens (including phenoxy) is 1. The van der Waals surface area contributed by atoms with Crippen LogP contribution in [0.2, 0.25) is 0 Å². The quantitative estimate of drug-likeness (QED) is 0.750. The summed E-state index contributed by atoms with van der Waals surface area (Å²) in [6, 6.07) is 0.306. The van der Waals surface area contributed by atoms with Crippen LogP contribution in [0.15, 0.2) is 0 Å². The number of nitrogens with zero attached hydrogens (tertiary/aromatic N) is 1. The van der Waals surface area contributed by atoms with E-state index in [4.69, 9.17) is 4.74 Å². The van der Waals surface area contributed by atoms with E-state index >= 15 is 0 Å². The lowest BCUT2D eigenvalue weighted by Gasteiger charge is -2.32. The summed E-state index contributed by atoms with van der Waals surface area (Å²) in [6.07, 6.45) is 3.13. The van der Waals surface area contributed by atoms with Crippen LogP contribution in [-0.2, 0) is 9.53 Å². The van der Waals surface area contributed by atoms with E-state index in [1.165, 1.54) is 6.42 Å². The van der Waals surface area contributed by atoms with Gasteiger partial charge in [-0.05, 0) is 31.7 Å². The average molecular weight is 226 g/mol. The van der Waals surface area contributed by atoms with Gasteiger partial charge in [0.15, 0.2) is 0 Å². The minimum absolute atomic E-state index is 0.0225. The third-order valence-corrected chi connectivity index (χ3v) is 3.77. The Balaban J connectivity index is 1.89. The highest BCUT2D eigenvalue weighted by Gasteiger charge is 2.31. The lowest BCUT2D eigenvalue weighted by atomic mass is 9.93. The van der Waals surface area contributed by atoms with Crippen LogP contribution in [0.5, 0.6) is 0 Å². The highest BCUT2D eigenvalue weighted by atomic mass is 16.5. The standard InChI is InChI=1S/C12H22N2O2/c1-9-3-5-13-11(7-9)12(15)14(2)10-4-6-16-8-10/h9-11,13H,3-8H2,1-2H3. The first-order valence-electron chi connectivity index (χ1n) is 6.26. The second kappa shape index (κ2) is 5.15. The van der Waals surface area contributed by atoms with Gasteiger partial charge in [-0.2, -0.15) is 0 Å². The molecule has 0 aliphatic carbocycles. The van der Waals surface area contributed by atoms with E-state index in [1.54, 1.807) is 0 Å². The first-order chi connectivity index (χ1) is 7.68. The van der Waals surface area contributed by atoms with E-state index in [0.717, 1.165) is 26.0 Å².